The number of nitro benzene ring substituents is 1. The maximum atomic E-state index is 10.7. The first-order valence-electron chi connectivity index (χ1n) is 6.39. The molecule has 7 heteroatoms. The molecule has 1 aliphatic rings. The molecule has 2 rings (SSSR count). The van der Waals surface area contributed by atoms with Crippen LogP contribution >= 0.6 is 27.5 Å². The number of ether oxygens (including phenoxy) is 2. The van der Waals surface area contributed by atoms with E-state index in [1.54, 1.807) is 6.07 Å². The van der Waals surface area contributed by atoms with Crippen LogP contribution in [0.1, 0.15) is 19.8 Å². The third kappa shape index (κ3) is 3.42. The van der Waals surface area contributed by atoms with Crippen molar-refractivity contribution in [3.63, 3.8) is 0 Å². The summed E-state index contributed by atoms with van der Waals surface area (Å²) in [5, 5.41) is 10.8. The number of alkyl halides is 1. The third-order valence-corrected chi connectivity index (χ3v) is 4.30. The summed E-state index contributed by atoms with van der Waals surface area (Å²) in [5.74, 6) is 0.523. The van der Waals surface area contributed by atoms with E-state index in [1.807, 2.05) is 6.92 Å². The molecule has 1 aromatic rings. The summed E-state index contributed by atoms with van der Waals surface area (Å²) in [6.45, 7) is 2.74. The number of rotatable bonds is 6. The van der Waals surface area contributed by atoms with Crippen LogP contribution in [0, 0.1) is 10.1 Å². The number of nitrogens with zero attached hydrogens (tertiary/aromatic N) is 1. The van der Waals surface area contributed by atoms with Gasteiger partial charge in [0.15, 0.2) is 0 Å². The first-order valence-corrected chi connectivity index (χ1v) is 7.68. The molecular formula is C13H15BrClNO4. The van der Waals surface area contributed by atoms with E-state index in [9.17, 15) is 10.1 Å². The second kappa shape index (κ2) is 6.74. The molecule has 0 bridgehead atoms. The average molecular weight is 365 g/mol. The molecule has 0 aliphatic heterocycles. The van der Waals surface area contributed by atoms with Gasteiger partial charge in [-0.05, 0) is 12.5 Å². The van der Waals surface area contributed by atoms with Crippen LogP contribution in [-0.4, -0.2) is 28.6 Å². The number of hydrogen-bond donors (Lipinski definition) is 0. The fraction of sp³-hybridized carbons (Fsp3) is 0.538. The molecule has 110 valence electrons. The Morgan fingerprint density at radius 1 is 1.55 bits per heavy atom. The largest absolute Gasteiger partial charge is 0.488 e. The van der Waals surface area contributed by atoms with Crippen molar-refractivity contribution in [2.75, 3.05) is 6.61 Å². The van der Waals surface area contributed by atoms with Gasteiger partial charge in [-0.3, -0.25) is 10.1 Å². The van der Waals surface area contributed by atoms with Gasteiger partial charge in [-0.2, -0.15) is 0 Å². The zero-order chi connectivity index (χ0) is 14.7. The quantitative estimate of drug-likeness (QED) is 0.435. The minimum Gasteiger partial charge on any atom is -0.488 e. The van der Waals surface area contributed by atoms with Crippen LogP contribution in [0.15, 0.2) is 18.2 Å². The molecule has 20 heavy (non-hydrogen) atoms. The highest BCUT2D eigenvalue weighted by atomic mass is 79.9. The van der Waals surface area contributed by atoms with Crippen molar-refractivity contribution in [2.45, 2.75) is 36.8 Å². The molecule has 0 amide bonds. The van der Waals surface area contributed by atoms with Gasteiger partial charge < -0.3 is 9.47 Å². The third-order valence-electron chi connectivity index (χ3n) is 3.10. The highest BCUT2D eigenvalue weighted by Gasteiger charge is 2.42. The van der Waals surface area contributed by atoms with E-state index < -0.39 is 4.92 Å². The lowest BCUT2D eigenvalue weighted by Crippen LogP contribution is -2.52. The lowest BCUT2D eigenvalue weighted by Gasteiger charge is -2.40. The standard InChI is InChI=1S/C13H15BrClNO4/c1-2-5-19-13-9(14)7-12(13)20-8-3-4-11(16(17)18)10(15)6-8/h3-4,6,9,12-13H,2,5,7H2,1H3. The highest BCUT2D eigenvalue weighted by molar-refractivity contribution is 9.09. The minimum absolute atomic E-state index is 0.00363. The molecule has 1 aromatic carbocycles. The van der Waals surface area contributed by atoms with Gasteiger partial charge in [0, 0.05) is 30.0 Å². The average Bonchev–Trinajstić information content (AvgIpc) is 2.38. The van der Waals surface area contributed by atoms with Gasteiger partial charge >= 0.3 is 0 Å². The second-order valence-corrected chi connectivity index (χ2v) is 6.20. The van der Waals surface area contributed by atoms with E-state index in [4.69, 9.17) is 21.1 Å². The molecular weight excluding hydrogens is 350 g/mol. The van der Waals surface area contributed by atoms with E-state index in [-0.39, 0.29) is 27.7 Å². The van der Waals surface area contributed by atoms with Crippen LogP contribution in [0.4, 0.5) is 5.69 Å². The molecule has 3 unspecified atom stereocenters. The van der Waals surface area contributed by atoms with Crippen molar-refractivity contribution >= 4 is 33.2 Å². The SMILES string of the molecule is CCCOC1C(Br)CC1Oc1ccc([N+](=O)[O-])c(Cl)c1. The lowest BCUT2D eigenvalue weighted by atomic mass is 9.91. The molecule has 5 nitrogen and oxygen atoms in total. The van der Waals surface area contributed by atoms with E-state index in [2.05, 4.69) is 15.9 Å². The van der Waals surface area contributed by atoms with Crippen LogP contribution in [0.2, 0.25) is 5.02 Å². The van der Waals surface area contributed by atoms with Crippen LogP contribution in [-0.2, 0) is 4.74 Å². The van der Waals surface area contributed by atoms with Crippen LogP contribution in [0.25, 0.3) is 0 Å². The maximum absolute atomic E-state index is 10.7. The zero-order valence-corrected chi connectivity index (χ0v) is 13.3. The number of halogens is 2. The number of nitro groups is 1. The Morgan fingerprint density at radius 3 is 2.85 bits per heavy atom. The van der Waals surface area contributed by atoms with Gasteiger partial charge in [-0.25, -0.2) is 0 Å². The summed E-state index contributed by atoms with van der Waals surface area (Å²) in [6, 6.07) is 4.38. The van der Waals surface area contributed by atoms with Gasteiger partial charge in [-0.15, -0.1) is 0 Å². The molecule has 0 spiro atoms. The summed E-state index contributed by atoms with van der Waals surface area (Å²) in [4.78, 5) is 10.5. The van der Waals surface area contributed by atoms with Gasteiger partial charge in [0.2, 0.25) is 0 Å². The number of benzene rings is 1. The highest BCUT2D eigenvalue weighted by Crippen LogP contribution is 2.36. The van der Waals surface area contributed by atoms with Gasteiger partial charge in [0.25, 0.3) is 5.69 Å². The van der Waals surface area contributed by atoms with E-state index >= 15 is 0 Å². The Hall–Kier alpha value is -0.850. The molecule has 0 N–H and O–H groups in total. The molecule has 1 aliphatic carbocycles. The smallest absolute Gasteiger partial charge is 0.288 e. The Morgan fingerprint density at radius 2 is 2.30 bits per heavy atom. The van der Waals surface area contributed by atoms with E-state index in [0.717, 1.165) is 12.8 Å². The second-order valence-electron chi connectivity index (χ2n) is 4.61. The molecule has 0 aromatic heterocycles. The fourth-order valence-electron chi connectivity index (χ4n) is 1.99. The molecule has 1 saturated carbocycles. The summed E-state index contributed by atoms with van der Waals surface area (Å²) >= 11 is 9.39. The summed E-state index contributed by atoms with van der Waals surface area (Å²) < 4.78 is 11.5. The maximum Gasteiger partial charge on any atom is 0.288 e. The van der Waals surface area contributed by atoms with Crippen LogP contribution in [0.3, 0.4) is 0 Å². The molecule has 0 radical (unpaired) electrons. The van der Waals surface area contributed by atoms with Crippen LogP contribution < -0.4 is 4.74 Å². The van der Waals surface area contributed by atoms with E-state index in [1.165, 1.54) is 12.1 Å². The zero-order valence-electron chi connectivity index (χ0n) is 10.9. The Balaban J connectivity index is 2.00. The Kier molecular flexibility index (Phi) is 5.23. The first-order chi connectivity index (χ1) is 9.52. The van der Waals surface area contributed by atoms with E-state index in [0.29, 0.717) is 12.4 Å². The summed E-state index contributed by atoms with van der Waals surface area (Å²) in [7, 11) is 0. The van der Waals surface area contributed by atoms with Gasteiger partial charge in [-0.1, -0.05) is 34.5 Å². The molecule has 3 atom stereocenters. The molecule has 0 heterocycles. The minimum atomic E-state index is -0.517. The summed E-state index contributed by atoms with van der Waals surface area (Å²) in [5.41, 5.74) is -0.121. The van der Waals surface area contributed by atoms with Crippen molar-refractivity contribution in [3.8, 4) is 5.75 Å². The van der Waals surface area contributed by atoms with Crippen molar-refractivity contribution in [1.82, 2.24) is 0 Å². The van der Waals surface area contributed by atoms with Crippen molar-refractivity contribution < 1.29 is 14.4 Å². The first kappa shape index (κ1) is 15.5. The van der Waals surface area contributed by atoms with Gasteiger partial charge in [0.1, 0.15) is 23.0 Å². The lowest BCUT2D eigenvalue weighted by molar-refractivity contribution is -0.384. The topological polar surface area (TPSA) is 61.6 Å². The molecule has 0 saturated heterocycles. The Labute approximate surface area is 130 Å². The van der Waals surface area contributed by atoms with Gasteiger partial charge in [0.05, 0.1) is 4.92 Å². The van der Waals surface area contributed by atoms with Crippen molar-refractivity contribution in [3.05, 3.63) is 33.3 Å². The molecule has 1 fully saturated rings. The normalized spacial score (nSPS) is 25.1. The van der Waals surface area contributed by atoms with Crippen molar-refractivity contribution in [2.24, 2.45) is 0 Å². The fourth-order valence-corrected chi connectivity index (χ4v) is 3.09. The predicted octanol–water partition coefficient (Wildman–Crippen LogP) is 3.96. The summed E-state index contributed by atoms with van der Waals surface area (Å²) in [6.07, 6.45) is 1.74. The predicted molar refractivity (Wildman–Crippen MR) is 79.9 cm³/mol. The van der Waals surface area contributed by atoms with Crippen molar-refractivity contribution in [1.29, 1.82) is 0 Å². The number of hydrogen-bond acceptors (Lipinski definition) is 4. The van der Waals surface area contributed by atoms with Crippen LogP contribution in [0.5, 0.6) is 5.75 Å². The Bertz CT molecular complexity index is 499. The monoisotopic (exact) mass is 363 g/mol.